The highest BCUT2D eigenvalue weighted by Gasteiger charge is 2.60. The van der Waals surface area contributed by atoms with Gasteiger partial charge < -0.3 is 15.4 Å². The summed E-state index contributed by atoms with van der Waals surface area (Å²) in [6.45, 7) is 4.20. The molecule has 1 N–H and O–H groups in total. The number of nitrogens with one attached hydrogen (secondary N) is 1. The second-order valence-corrected chi connectivity index (χ2v) is 13.1. The summed E-state index contributed by atoms with van der Waals surface area (Å²) in [4.78, 5) is 24.4. The minimum Gasteiger partial charge on any atom is -0.358 e. The molecule has 1 aromatic carbocycles. The van der Waals surface area contributed by atoms with Crippen molar-refractivity contribution in [1.29, 1.82) is 0 Å². The fourth-order valence-corrected chi connectivity index (χ4v) is 8.63. The molecule has 0 saturated heterocycles. The smallest absolute Gasteiger partial charge is 0.358 e. The molecular weight excluding hydrogens is 563 g/mol. The highest BCUT2D eigenvalue weighted by Crippen LogP contribution is 2.65. The van der Waals surface area contributed by atoms with E-state index in [0.717, 1.165) is 49.8 Å². The third kappa shape index (κ3) is 4.72. The number of nitro groups is 1. The van der Waals surface area contributed by atoms with Gasteiger partial charge in [-0.1, -0.05) is 40.9 Å². The summed E-state index contributed by atoms with van der Waals surface area (Å²) < 4.78 is 3.63. The molecule has 3 aromatic rings. The zero-order valence-electron chi connectivity index (χ0n) is 21.7. The summed E-state index contributed by atoms with van der Waals surface area (Å²) in [7, 11) is 0. The molecule has 2 heterocycles. The van der Waals surface area contributed by atoms with Gasteiger partial charge in [-0.25, -0.2) is 0 Å². The lowest BCUT2D eigenvalue weighted by atomic mass is 9.46. The Hall–Kier alpha value is -2.62. The zero-order chi connectivity index (χ0) is 27.7. The number of anilines is 1. The second kappa shape index (κ2) is 9.49. The van der Waals surface area contributed by atoms with Crippen LogP contribution in [0.3, 0.4) is 0 Å². The van der Waals surface area contributed by atoms with E-state index in [0.29, 0.717) is 46.4 Å². The van der Waals surface area contributed by atoms with Gasteiger partial charge in [-0.15, -0.1) is 0 Å². The van der Waals surface area contributed by atoms with E-state index >= 15 is 0 Å². The van der Waals surface area contributed by atoms with Gasteiger partial charge in [0.05, 0.1) is 22.9 Å². The number of hydrogen-bond donors (Lipinski definition) is 1. The molecule has 4 aliphatic carbocycles. The standard InChI is InChI=1S/C27H29Cl3N6O3/c1-15-5-22(32-34(15)13-19-3-4-20(28)7-21(19)29)31-23(37)12-26-8-17-6-18(9-26)11-27(10-17,14-26)35-16(2)24(30)25(33-35)36(38)39/h3-5,7,17-18H,6,8-14H2,1-2H3,(H,31,32,37). The summed E-state index contributed by atoms with van der Waals surface area (Å²) in [5.41, 5.74) is 1.90. The van der Waals surface area contributed by atoms with Gasteiger partial charge in [0.1, 0.15) is 0 Å². The number of rotatable bonds is 7. The molecule has 4 saturated carbocycles. The molecule has 7 rings (SSSR count). The minimum absolute atomic E-state index is 0.0672. The second-order valence-electron chi connectivity index (χ2n) is 11.9. The summed E-state index contributed by atoms with van der Waals surface area (Å²) in [6, 6.07) is 7.22. The summed E-state index contributed by atoms with van der Waals surface area (Å²) in [6.07, 6.45) is 6.08. The van der Waals surface area contributed by atoms with E-state index in [1.165, 1.54) is 0 Å². The van der Waals surface area contributed by atoms with Crippen LogP contribution in [0.15, 0.2) is 24.3 Å². The molecule has 2 unspecified atom stereocenters. The van der Waals surface area contributed by atoms with Crippen molar-refractivity contribution < 1.29 is 9.72 Å². The van der Waals surface area contributed by atoms with E-state index in [1.807, 2.05) is 28.4 Å². The Kier molecular flexibility index (Phi) is 6.47. The van der Waals surface area contributed by atoms with E-state index in [9.17, 15) is 14.9 Å². The number of carbonyl (C=O) groups excluding carboxylic acids is 1. The molecule has 1 amide bonds. The van der Waals surface area contributed by atoms with Crippen LogP contribution in [0.25, 0.3) is 0 Å². The summed E-state index contributed by atoms with van der Waals surface area (Å²) >= 11 is 18.7. The number of carbonyl (C=O) groups is 1. The van der Waals surface area contributed by atoms with Crippen molar-refractivity contribution in [1.82, 2.24) is 19.6 Å². The van der Waals surface area contributed by atoms with Crippen LogP contribution in [-0.2, 0) is 16.9 Å². The van der Waals surface area contributed by atoms with Gasteiger partial charge in [-0.3, -0.25) is 9.48 Å². The zero-order valence-corrected chi connectivity index (χ0v) is 24.0. The third-order valence-corrected chi connectivity index (χ3v) is 9.95. The molecule has 0 aliphatic heterocycles. The van der Waals surface area contributed by atoms with Crippen molar-refractivity contribution in [3.05, 3.63) is 66.4 Å². The van der Waals surface area contributed by atoms with Gasteiger partial charge in [0, 0.05) is 28.2 Å². The van der Waals surface area contributed by atoms with E-state index < -0.39 is 4.92 Å². The molecule has 39 heavy (non-hydrogen) atoms. The first-order valence-electron chi connectivity index (χ1n) is 13.1. The average molecular weight is 592 g/mol. The molecule has 12 heteroatoms. The number of aryl methyl sites for hydroxylation is 1. The number of halogens is 3. The fourth-order valence-electron chi connectivity index (χ4n) is 7.97. The normalized spacial score (nSPS) is 27.2. The van der Waals surface area contributed by atoms with Crippen LogP contribution in [0.5, 0.6) is 0 Å². The number of amides is 1. The maximum Gasteiger partial charge on any atom is 0.408 e. The molecule has 9 nitrogen and oxygen atoms in total. The predicted molar refractivity (Wildman–Crippen MR) is 149 cm³/mol. The highest BCUT2D eigenvalue weighted by molar-refractivity contribution is 6.35. The Labute approximate surface area is 240 Å². The lowest BCUT2D eigenvalue weighted by Crippen LogP contribution is -2.57. The number of aromatic nitrogens is 4. The molecule has 4 fully saturated rings. The first-order chi connectivity index (χ1) is 18.5. The maximum atomic E-state index is 13.4. The predicted octanol–water partition coefficient (Wildman–Crippen LogP) is 6.94. The van der Waals surface area contributed by atoms with Crippen LogP contribution in [0, 0.1) is 41.2 Å². The molecule has 0 spiro atoms. The van der Waals surface area contributed by atoms with Crippen molar-refractivity contribution in [2.24, 2.45) is 17.3 Å². The highest BCUT2D eigenvalue weighted by atomic mass is 35.5. The van der Waals surface area contributed by atoms with E-state index in [2.05, 4.69) is 15.5 Å². The molecule has 0 radical (unpaired) electrons. The van der Waals surface area contributed by atoms with Gasteiger partial charge >= 0.3 is 5.82 Å². The van der Waals surface area contributed by atoms with Gasteiger partial charge in [0.15, 0.2) is 10.8 Å². The van der Waals surface area contributed by atoms with Crippen molar-refractivity contribution in [2.75, 3.05) is 5.32 Å². The Balaban J connectivity index is 1.20. The van der Waals surface area contributed by atoms with Crippen LogP contribution in [0.1, 0.15) is 61.9 Å². The minimum atomic E-state index is -0.516. The van der Waals surface area contributed by atoms with Crippen molar-refractivity contribution in [3.63, 3.8) is 0 Å². The topological polar surface area (TPSA) is 108 Å². The lowest BCUT2D eigenvalue weighted by molar-refractivity contribution is -0.389. The van der Waals surface area contributed by atoms with Gasteiger partial charge in [-0.2, -0.15) is 9.78 Å². The third-order valence-electron chi connectivity index (χ3n) is 8.92. The average Bonchev–Trinajstić information content (AvgIpc) is 3.32. The number of benzene rings is 1. The Morgan fingerprint density at radius 1 is 1.13 bits per heavy atom. The quantitative estimate of drug-likeness (QED) is 0.237. The van der Waals surface area contributed by atoms with E-state index in [4.69, 9.17) is 34.8 Å². The molecule has 206 valence electrons. The van der Waals surface area contributed by atoms with E-state index in [1.54, 1.807) is 19.1 Å². The van der Waals surface area contributed by atoms with Crippen LogP contribution < -0.4 is 5.32 Å². The monoisotopic (exact) mass is 590 g/mol. The summed E-state index contributed by atoms with van der Waals surface area (Å²) in [5, 5.41) is 24.8. The summed E-state index contributed by atoms with van der Waals surface area (Å²) in [5.74, 6) is 1.08. The van der Waals surface area contributed by atoms with Gasteiger partial charge in [0.2, 0.25) is 5.91 Å². The number of nitrogens with zero attached hydrogens (tertiary/aromatic N) is 5. The molecule has 2 aromatic heterocycles. The van der Waals surface area contributed by atoms with Crippen molar-refractivity contribution in [3.8, 4) is 0 Å². The van der Waals surface area contributed by atoms with Crippen molar-refractivity contribution >= 4 is 52.3 Å². The molecule has 4 aliphatic rings. The SMILES string of the molecule is Cc1cc(NC(=O)CC23CC4CC(C2)CC(n2nc([N+](=O)[O-])c(Cl)c2C)(C4)C3)nn1Cc1ccc(Cl)cc1Cl. The molecule has 2 atom stereocenters. The first-order valence-corrected chi connectivity index (χ1v) is 14.3. The first kappa shape index (κ1) is 26.6. The lowest BCUT2D eigenvalue weighted by Gasteiger charge is -2.61. The van der Waals surface area contributed by atoms with Gasteiger partial charge in [-0.05, 0) is 92.2 Å². The van der Waals surface area contributed by atoms with E-state index in [-0.39, 0.29) is 27.7 Å². The number of hydrogen-bond acceptors (Lipinski definition) is 5. The Bertz CT molecular complexity index is 1480. The van der Waals surface area contributed by atoms with Crippen molar-refractivity contribution in [2.45, 2.75) is 70.9 Å². The van der Waals surface area contributed by atoms with Crippen LogP contribution in [0.4, 0.5) is 11.6 Å². The van der Waals surface area contributed by atoms with Crippen LogP contribution >= 0.6 is 34.8 Å². The Morgan fingerprint density at radius 2 is 1.85 bits per heavy atom. The fraction of sp³-hybridized carbons (Fsp3) is 0.519. The van der Waals surface area contributed by atoms with Gasteiger partial charge in [0.25, 0.3) is 0 Å². The van der Waals surface area contributed by atoms with Crippen LogP contribution in [0.2, 0.25) is 15.1 Å². The van der Waals surface area contributed by atoms with Crippen LogP contribution in [-0.4, -0.2) is 30.4 Å². The largest absolute Gasteiger partial charge is 0.408 e. The molecular formula is C27H29Cl3N6O3. The Morgan fingerprint density at radius 3 is 2.49 bits per heavy atom. The maximum absolute atomic E-state index is 13.4. The molecule has 4 bridgehead atoms.